The number of alkyl halides is 2. The highest BCUT2D eigenvalue weighted by molar-refractivity contribution is 5.86. The Morgan fingerprint density at radius 1 is 1.20 bits per heavy atom. The minimum atomic E-state index is -2.24. The third-order valence-corrected chi connectivity index (χ3v) is 4.64. The van der Waals surface area contributed by atoms with Gasteiger partial charge in [0.1, 0.15) is 12.0 Å². The van der Waals surface area contributed by atoms with Crippen LogP contribution in [0.3, 0.4) is 0 Å². The number of carbonyl (C=O) groups excluding carboxylic acids is 1. The van der Waals surface area contributed by atoms with Crippen molar-refractivity contribution in [2.45, 2.75) is 45.0 Å². The summed E-state index contributed by atoms with van der Waals surface area (Å²) in [6.07, 6.45) is 1.47. The van der Waals surface area contributed by atoms with Gasteiger partial charge in [0, 0.05) is 5.92 Å². The number of methoxy groups -OCH3 is 2. The lowest BCUT2D eigenvalue weighted by molar-refractivity contribution is -0.138. The molecular weight excluding hydrogens is 330 g/mol. The second kappa shape index (κ2) is 8.83. The Morgan fingerprint density at radius 2 is 1.88 bits per heavy atom. The first kappa shape index (κ1) is 19.2. The van der Waals surface area contributed by atoms with E-state index in [-0.39, 0.29) is 11.7 Å². The molecule has 0 radical (unpaired) electrons. The highest BCUT2D eigenvalue weighted by Gasteiger charge is 2.28. The lowest BCUT2D eigenvalue weighted by Crippen LogP contribution is -2.19. The Kier molecular flexibility index (Phi) is 6.79. The monoisotopic (exact) mass is 354 g/mol. The fraction of sp³-hybridized carbons (Fsp3) is 0.526. The molecule has 0 aliphatic heterocycles. The van der Waals surface area contributed by atoms with Gasteiger partial charge >= 0.3 is 5.97 Å². The van der Waals surface area contributed by atoms with Gasteiger partial charge in [0.25, 0.3) is 0 Å². The van der Waals surface area contributed by atoms with E-state index in [1.807, 2.05) is 25.1 Å². The van der Waals surface area contributed by atoms with Crippen molar-refractivity contribution in [1.29, 1.82) is 0 Å². The first-order chi connectivity index (χ1) is 12.0. The summed E-state index contributed by atoms with van der Waals surface area (Å²) in [4.78, 5) is 11.7. The van der Waals surface area contributed by atoms with E-state index in [0.29, 0.717) is 18.6 Å². The highest BCUT2D eigenvalue weighted by Crippen LogP contribution is 2.39. The summed E-state index contributed by atoms with van der Waals surface area (Å²) in [6, 6.07) is 5.77. The van der Waals surface area contributed by atoms with Gasteiger partial charge in [0.15, 0.2) is 0 Å². The van der Waals surface area contributed by atoms with Gasteiger partial charge in [-0.1, -0.05) is 12.1 Å². The molecule has 1 aliphatic rings. The predicted octanol–water partition coefficient (Wildman–Crippen LogP) is 4.57. The maximum Gasteiger partial charge on any atom is 0.377 e. The maximum absolute atomic E-state index is 12.8. The van der Waals surface area contributed by atoms with Crippen LogP contribution in [0.5, 0.6) is 5.75 Å². The van der Waals surface area contributed by atoms with Gasteiger partial charge in [-0.05, 0) is 55.7 Å². The van der Waals surface area contributed by atoms with Gasteiger partial charge in [-0.3, -0.25) is 0 Å². The minimum absolute atomic E-state index is 0.0494. The lowest BCUT2D eigenvalue weighted by Gasteiger charge is -2.28. The minimum Gasteiger partial charge on any atom is -0.500 e. The average molecular weight is 354 g/mol. The summed E-state index contributed by atoms with van der Waals surface area (Å²) in [7, 11) is 2.68. The van der Waals surface area contributed by atoms with E-state index in [4.69, 9.17) is 9.47 Å². The number of esters is 1. The summed E-state index contributed by atoms with van der Waals surface area (Å²) in [6.45, 7) is 1.87. The molecule has 1 fully saturated rings. The maximum atomic E-state index is 12.8. The molecule has 1 saturated carbocycles. The van der Waals surface area contributed by atoms with E-state index in [9.17, 15) is 13.6 Å². The number of halogens is 2. The van der Waals surface area contributed by atoms with Gasteiger partial charge in [-0.2, -0.15) is 0 Å². The van der Waals surface area contributed by atoms with Crippen molar-refractivity contribution in [2.75, 3.05) is 14.2 Å². The zero-order valence-electron chi connectivity index (χ0n) is 14.8. The molecule has 1 aliphatic carbocycles. The molecule has 1 aromatic carbocycles. The largest absolute Gasteiger partial charge is 0.500 e. The van der Waals surface area contributed by atoms with Crippen LogP contribution in [-0.2, 0) is 14.3 Å². The van der Waals surface area contributed by atoms with Crippen LogP contribution < -0.4 is 4.74 Å². The van der Waals surface area contributed by atoms with Crippen LogP contribution in [-0.4, -0.2) is 26.6 Å². The van der Waals surface area contributed by atoms with Crippen molar-refractivity contribution in [3.63, 3.8) is 0 Å². The second-order valence-corrected chi connectivity index (χ2v) is 6.28. The molecule has 25 heavy (non-hydrogen) atoms. The fourth-order valence-corrected chi connectivity index (χ4v) is 3.13. The zero-order chi connectivity index (χ0) is 18.4. The Bertz CT molecular complexity index is 620. The first-order valence-electron chi connectivity index (χ1n) is 8.34. The van der Waals surface area contributed by atoms with Gasteiger partial charge < -0.3 is 14.2 Å². The summed E-state index contributed by atoms with van der Waals surface area (Å²) < 4.78 is 40.8. The molecule has 0 unspecified atom stereocenters. The number of hydrogen-bond acceptors (Lipinski definition) is 4. The van der Waals surface area contributed by atoms with Gasteiger partial charge in [-0.15, -0.1) is 0 Å². The molecule has 4 nitrogen and oxygen atoms in total. The number of ether oxygens (including phenoxy) is 3. The Balaban J connectivity index is 2.15. The van der Waals surface area contributed by atoms with E-state index in [1.54, 1.807) is 0 Å². The molecule has 0 heterocycles. The topological polar surface area (TPSA) is 44.8 Å². The fourth-order valence-electron chi connectivity index (χ4n) is 3.13. The van der Waals surface area contributed by atoms with Gasteiger partial charge in [-0.25, -0.2) is 13.6 Å². The smallest absolute Gasteiger partial charge is 0.377 e. The van der Waals surface area contributed by atoms with E-state index >= 15 is 0 Å². The predicted molar refractivity (Wildman–Crippen MR) is 89.6 cm³/mol. The second-order valence-electron chi connectivity index (χ2n) is 6.28. The number of rotatable bonds is 6. The Labute approximate surface area is 146 Å². The van der Waals surface area contributed by atoms with Crippen LogP contribution in [0, 0.1) is 12.8 Å². The molecule has 0 atom stereocenters. The van der Waals surface area contributed by atoms with E-state index in [1.165, 1.54) is 20.5 Å². The first-order valence-corrected chi connectivity index (χ1v) is 8.34. The molecule has 6 heteroatoms. The summed E-state index contributed by atoms with van der Waals surface area (Å²) in [5.74, 6) is -0.420. The third-order valence-electron chi connectivity index (χ3n) is 4.64. The number of aryl methyl sites for hydroxylation is 1. The molecule has 0 bridgehead atoms. The molecule has 2 rings (SSSR count). The zero-order valence-corrected chi connectivity index (χ0v) is 14.8. The quantitative estimate of drug-likeness (QED) is 0.426. The molecule has 0 N–H and O–H groups in total. The normalized spacial score (nSPS) is 21.1. The van der Waals surface area contributed by atoms with E-state index in [2.05, 4.69) is 4.74 Å². The van der Waals surface area contributed by atoms with Crippen molar-refractivity contribution < 1.29 is 27.8 Å². The molecule has 0 spiro atoms. The van der Waals surface area contributed by atoms with Crippen molar-refractivity contribution in [1.82, 2.24) is 0 Å². The van der Waals surface area contributed by atoms with Gasteiger partial charge in [0.05, 0.1) is 14.2 Å². The Morgan fingerprint density at radius 3 is 2.44 bits per heavy atom. The number of benzene rings is 1. The average Bonchev–Trinajstić information content (AvgIpc) is 2.62. The van der Waals surface area contributed by atoms with Crippen molar-refractivity contribution in [3.8, 4) is 5.75 Å². The molecule has 0 saturated heterocycles. The van der Waals surface area contributed by atoms with Gasteiger partial charge in [0.2, 0.25) is 12.2 Å². The molecule has 0 aromatic heterocycles. The van der Waals surface area contributed by atoms with Crippen LogP contribution in [0.2, 0.25) is 0 Å². The molecule has 0 amide bonds. The number of carbonyl (C=O) groups is 1. The van der Waals surface area contributed by atoms with E-state index < -0.39 is 18.3 Å². The molecular formula is C19H24F2O4. The van der Waals surface area contributed by atoms with Crippen LogP contribution >= 0.6 is 0 Å². The lowest BCUT2D eigenvalue weighted by atomic mass is 9.78. The van der Waals surface area contributed by atoms with Crippen molar-refractivity contribution in [3.05, 3.63) is 41.3 Å². The van der Waals surface area contributed by atoms with E-state index in [0.717, 1.165) is 24.0 Å². The van der Waals surface area contributed by atoms with Crippen LogP contribution in [0.25, 0.3) is 0 Å². The summed E-state index contributed by atoms with van der Waals surface area (Å²) in [5.41, 5.74) is 1.89. The summed E-state index contributed by atoms with van der Waals surface area (Å²) in [5, 5.41) is 0. The standard InChI is InChI=1S/C19H24F2O4/c1-12-4-5-15(13-6-8-14(9-7-13)18(20)21)10-16(12)25-17(11-23-2)19(22)24-3/h4-5,10-11,13-14,18H,6-9H2,1-3H3/b17-11-. The third kappa shape index (κ3) is 4.94. The SMILES string of the molecule is CO/C=C(\Oc1cc(C2CCC(C(F)F)CC2)ccc1C)C(=O)OC. The molecule has 1 aromatic rings. The van der Waals surface area contributed by atoms with Crippen molar-refractivity contribution in [2.24, 2.45) is 5.92 Å². The number of hydrogen-bond donors (Lipinski definition) is 0. The highest BCUT2D eigenvalue weighted by atomic mass is 19.3. The van der Waals surface area contributed by atoms with Crippen LogP contribution in [0.15, 0.2) is 30.2 Å². The Hall–Kier alpha value is -2.11. The van der Waals surface area contributed by atoms with Crippen LogP contribution in [0.4, 0.5) is 8.78 Å². The molecule has 138 valence electrons. The van der Waals surface area contributed by atoms with Crippen LogP contribution in [0.1, 0.15) is 42.7 Å². The summed E-state index contributed by atoms with van der Waals surface area (Å²) >= 11 is 0. The van der Waals surface area contributed by atoms with Crippen molar-refractivity contribution >= 4 is 5.97 Å².